The molecule has 12 heteroatoms. The fraction of sp³-hybridized carbons (Fsp3) is 0.750. The molecule has 0 aromatic carbocycles. The minimum Gasteiger partial charge on any atom is -0.480 e. The Bertz CT molecular complexity index is 699. The van der Waals surface area contributed by atoms with E-state index in [1.54, 1.807) is 23.6 Å². The van der Waals surface area contributed by atoms with Gasteiger partial charge in [-0.05, 0) is 25.4 Å². The second kappa shape index (κ2) is 8.43. The quantitative estimate of drug-likeness (QED) is 0.304. The number of aliphatic imine (C=N–C) groups is 3. The molecule has 3 heterocycles. The molecule has 3 rings (SSSR count). The zero-order chi connectivity index (χ0) is 20.5. The molecule has 0 spiro atoms. The van der Waals surface area contributed by atoms with Crippen LogP contribution in [0.3, 0.4) is 0 Å². The molecule has 28 heavy (non-hydrogen) atoms. The minimum absolute atomic E-state index is 0.0875. The standard InChI is InChI=1S/C16H26N6O5S/c1-16(17)12-13(19-6-21-16)22(7-20-12)14-11(24)10(23)9(27-14)5-18-8(15(25)26)3-4-28-2/h6,8-11,14,18,23-24H,3-5,7,17H2,1-2H3,(H,25,26)/t8-,9+,10+,11+,14+,16?/m0/s1. The van der Waals surface area contributed by atoms with Gasteiger partial charge in [0.2, 0.25) is 0 Å². The van der Waals surface area contributed by atoms with Gasteiger partial charge in [0.15, 0.2) is 17.7 Å². The molecule has 11 nitrogen and oxygen atoms in total. The third-order valence-electron chi connectivity index (χ3n) is 4.97. The van der Waals surface area contributed by atoms with E-state index < -0.39 is 42.2 Å². The van der Waals surface area contributed by atoms with E-state index in [9.17, 15) is 20.1 Å². The highest BCUT2D eigenvalue weighted by Gasteiger charge is 2.49. The van der Waals surface area contributed by atoms with Crippen LogP contribution >= 0.6 is 11.8 Å². The topological polar surface area (TPSA) is 165 Å². The normalized spacial score (nSPS) is 35.5. The number of fused-ring (bicyclic) bond motifs is 1. The number of amidine groups is 1. The van der Waals surface area contributed by atoms with Crippen molar-refractivity contribution < 1.29 is 24.9 Å². The summed E-state index contributed by atoms with van der Waals surface area (Å²) >= 11 is 1.56. The van der Waals surface area contributed by atoms with E-state index >= 15 is 0 Å². The molecule has 0 aromatic rings. The number of hydrogen-bond donors (Lipinski definition) is 5. The van der Waals surface area contributed by atoms with E-state index in [0.29, 0.717) is 23.7 Å². The van der Waals surface area contributed by atoms with Gasteiger partial charge >= 0.3 is 5.97 Å². The lowest BCUT2D eigenvalue weighted by Gasteiger charge is -2.30. The molecule has 0 aliphatic carbocycles. The highest BCUT2D eigenvalue weighted by atomic mass is 32.2. The summed E-state index contributed by atoms with van der Waals surface area (Å²) in [7, 11) is 0. The smallest absolute Gasteiger partial charge is 0.320 e. The van der Waals surface area contributed by atoms with Gasteiger partial charge in [-0.25, -0.2) is 9.98 Å². The first kappa shape index (κ1) is 21.1. The first-order valence-electron chi connectivity index (χ1n) is 8.95. The number of carboxylic acids is 1. The van der Waals surface area contributed by atoms with Gasteiger partial charge in [-0.2, -0.15) is 11.8 Å². The zero-order valence-corrected chi connectivity index (χ0v) is 16.5. The number of carbonyl (C=O) groups is 1. The van der Waals surface area contributed by atoms with Crippen LogP contribution in [-0.4, -0.2) is 106 Å². The van der Waals surface area contributed by atoms with Crippen molar-refractivity contribution in [1.82, 2.24) is 10.2 Å². The third-order valence-corrected chi connectivity index (χ3v) is 5.61. The van der Waals surface area contributed by atoms with Gasteiger partial charge in [-0.1, -0.05) is 0 Å². The van der Waals surface area contributed by atoms with Crippen molar-refractivity contribution in [2.75, 3.05) is 25.2 Å². The van der Waals surface area contributed by atoms with Crippen LogP contribution in [0.2, 0.25) is 0 Å². The summed E-state index contributed by atoms with van der Waals surface area (Å²) < 4.78 is 5.85. The molecular weight excluding hydrogens is 388 g/mol. The Morgan fingerprint density at radius 1 is 1.54 bits per heavy atom. The number of ether oxygens (including phenoxy) is 1. The predicted molar refractivity (Wildman–Crippen MR) is 106 cm³/mol. The molecule has 3 aliphatic rings. The summed E-state index contributed by atoms with van der Waals surface area (Å²) in [6.45, 7) is 1.96. The van der Waals surface area contributed by atoms with Gasteiger partial charge in [-0.15, -0.1) is 0 Å². The monoisotopic (exact) mass is 414 g/mol. The molecule has 0 bridgehead atoms. The van der Waals surface area contributed by atoms with Crippen LogP contribution < -0.4 is 11.1 Å². The third kappa shape index (κ3) is 4.07. The average Bonchev–Trinajstić information content (AvgIpc) is 3.18. The second-order valence-electron chi connectivity index (χ2n) is 7.09. The van der Waals surface area contributed by atoms with E-state index in [0.717, 1.165) is 0 Å². The molecule has 0 aromatic heterocycles. The second-order valence-corrected chi connectivity index (χ2v) is 8.08. The Morgan fingerprint density at radius 3 is 2.96 bits per heavy atom. The van der Waals surface area contributed by atoms with E-state index in [2.05, 4.69) is 20.3 Å². The Kier molecular flexibility index (Phi) is 6.37. The molecule has 0 amide bonds. The molecule has 156 valence electrons. The first-order valence-corrected chi connectivity index (χ1v) is 10.3. The van der Waals surface area contributed by atoms with Gasteiger partial charge in [0.05, 0.1) is 0 Å². The number of hydrogen-bond acceptors (Lipinski definition) is 11. The van der Waals surface area contributed by atoms with Crippen LogP contribution in [0.4, 0.5) is 0 Å². The molecule has 1 unspecified atom stereocenters. The molecule has 0 radical (unpaired) electrons. The summed E-state index contributed by atoms with van der Waals surface area (Å²) in [5.74, 6) is 0.179. The molecular formula is C16H26N6O5S. The zero-order valence-electron chi connectivity index (χ0n) is 15.7. The number of nitrogens with zero attached hydrogens (tertiary/aromatic N) is 4. The summed E-state index contributed by atoms with van der Waals surface area (Å²) in [6, 6.07) is -0.752. The maximum Gasteiger partial charge on any atom is 0.320 e. The molecule has 0 saturated carbocycles. The molecule has 6 N–H and O–H groups in total. The van der Waals surface area contributed by atoms with Crippen molar-refractivity contribution in [1.29, 1.82) is 0 Å². The Balaban J connectivity index is 1.64. The lowest BCUT2D eigenvalue weighted by atomic mass is 10.1. The lowest BCUT2D eigenvalue weighted by molar-refractivity contribution is -0.139. The fourth-order valence-electron chi connectivity index (χ4n) is 3.37. The SMILES string of the molecule is CSCC[C@H](NC[C@H]1O[C@@H](N2CN=C3C2=NC=NC3(C)N)[C@H](O)[C@@H]1O)C(=O)O. The first-order chi connectivity index (χ1) is 13.3. The van der Waals surface area contributed by atoms with Crippen molar-refractivity contribution >= 4 is 35.6 Å². The number of thioether (sulfide) groups is 1. The predicted octanol–water partition coefficient (Wildman–Crippen LogP) is -1.94. The number of aliphatic hydroxyl groups is 2. The highest BCUT2D eigenvalue weighted by Crippen LogP contribution is 2.28. The Hall–Kier alpha value is -1.57. The van der Waals surface area contributed by atoms with Crippen molar-refractivity contribution in [2.45, 2.75) is 49.6 Å². The van der Waals surface area contributed by atoms with Crippen molar-refractivity contribution in [3.05, 3.63) is 0 Å². The van der Waals surface area contributed by atoms with Crippen molar-refractivity contribution in [3.63, 3.8) is 0 Å². The van der Waals surface area contributed by atoms with Crippen molar-refractivity contribution in [3.8, 4) is 0 Å². The summed E-state index contributed by atoms with van der Waals surface area (Å²) in [5, 5.41) is 33.1. The molecule has 1 saturated heterocycles. The van der Waals surface area contributed by atoms with Gasteiger partial charge in [-0.3, -0.25) is 9.79 Å². The van der Waals surface area contributed by atoms with E-state index in [1.807, 2.05) is 6.26 Å². The van der Waals surface area contributed by atoms with E-state index in [1.165, 1.54) is 6.34 Å². The average molecular weight is 414 g/mol. The van der Waals surface area contributed by atoms with Gasteiger partial charge in [0, 0.05) is 6.54 Å². The Labute approximate surface area is 166 Å². The number of nitrogens with one attached hydrogen (secondary N) is 1. The minimum atomic E-state index is -1.21. The highest BCUT2D eigenvalue weighted by molar-refractivity contribution is 7.98. The molecule has 6 atom stereocenters. The van der Waals surface area contributed by atoms with Crippen molar-refractivity contribution in [2.24, 2.45) is 20.7 Å². The van der Waals surface area contributed by atoms with Gasteiger partial charge in [0.1, 0.15) is 43.1 Å². The number of aliphatic hydroxyl groups excluding tert-OH is 2. The number of carboxylic acid groups (broad SMARTS) is 1. The van der Waals surface area contributed by atoms with Crippen LogP contribution in [-0.2, 0) is 9.53 Å². The summed E-state index contributed by atoms with van der Waals surface area (Å²) in [6.07, 6.45) is -0.353. The van der Waals surface area contributed by atoms with Crippen LogP contribution in [0.1, 0.15) is 13.3 Å². The number of aliphatic carboxylic acids is 1. The molecule has 3 aliphatic heterocycles. The maximum atomic E-state index is 11.4. The van der Waals surface area contributed by atoms with E-state index in [4.69, 9.17) is 10.5 Å². The fourth-order valence-corrected chi connectivity index (χ4v) is 3.84. The summed E-state index contributed by atoms with van der Waals surface area (Å²) in [5.41, 5.74) is 5.58. The largest absolute Gasteiger partial charge is 0.480 e. The van der Waals surface area contributed by atoms with Gasteiger partial charge in [0.25, 0.3) is 0 Å². The maximum absolute atomic E-state index is 11.4. The van der Waals surface area contributed by atoms with E-state index in [-0.39, 0.29) is 13.2 Å². The van der Waals surface area contributed by atoms with Gasteiger partial charge < -0.3 is 36.0 Å². The number of nitrogens with two attached hydrogens (primary N) is 1. The number of rotatable bonds is 8. The van der Waals surface area contributed by atoms with Crippen LogP contribution in [0, 0.1) is 0 Å². The summed E-state index contributed by atoms with van der Waals surface area (Å²) in [4.78, 5) is 25.6. The van der Waals surface area contributed by atoms with Crippen LogP contribution in [0.15, 0.2) is 15.0 Å². The van der Waals surface area contributed by atoms with Crippen LogP contribution in [0.5, 0.6) is 0 Å². The molecule has 1 fully saturated rings. The Morgan fingerprint density at radius 2 is 2.29 bits per heavy atom. The van der Waals surface area contributed by atoms with Crippen LogP contribution in [0.25, 0.3) is 0 Å². The lowest BCUT2D eigenvalue weighted by Crippen LogP contribution is -2.54.